The lowest BCUT2D eigenvalue weighted by molar-refractivity contribution is -0.422. The minimum Gasteiger partial charge on any atom is -0.200 e. The van der Waals surface area contributed by atoms with Crippen molar-refractivity contribution in [2.24, 2.45) is 0 Å². The van der Waals surface area contributed by atoms with Crippen molar-refractivity contribution in [3.63, 3.8) is 0 Å². The van der Waals surface area contributed by atoms with Crippen molar-refractivity contribution < 1.29 is 48.3 Å². The molecule has 0 aromatic carbocycles. The average molecular weight is 578 g/mol. The Labute approximate surface area is 182 Å². The van der Waals surface area contributed by atoms with Crippen LogP contribution in [0.5, 0.6) is 0 Å². The molecule has 0 aliphatic heterocycles. The maximum absolute atomic E-state index is 13.7. The van der Waals surface area contributed by atoms with Gasteiger partial charge in [-0.15, -0.1) is 0 Å². The highest BCUT2D eigenvalue weighted by Gasteiger charge is 2.86. The monoisotopic (exact) mass is 578 g/mol. The van der Waals surface area contributed by atoms with Gasteiger partial charge < -0.3 is 0 Å². The molecule has 0 N–H and O–H groups in total. The van der Waals surface area contributed by atoms with Crippen molar-refractivity contribution in [3.05, 3.63) is 0 Å². The average Bonchev–Trinajstić information content (AvgIpc) is 2.58. The van der Waals surface area contributed by atoms with Gasteiger partial charge >= 0.3 is 29.9 Å². The molecule has 0 aromatic heterocycles. The van der Waals surface area contributed by atoms with E-state index in [-0.39, 0.29) is 6.42 Å². The highest BCUT2D eigenvalue weighted by atomic mass is 127. The molecule has 0 spiro atoms. The minimum absolute atomic E-state index is 0.0801. The lowest BCUT2D eigenvalue weighted by Gasteiger charge is -2.37. The topological polar surface area (TPSA) is 0 Å². The van der Waals surface area contributed by atoms with E-state index in [9.17, 15) is 48.3 Å². The van der Waals surface area contributed by atoms with E-state index in [0.29, 0.717) is 12.8 Å². The molecular weight excluding hydrogens is 552 g/mol. The van der Waals surface area contributed by atoms with Crippen molar-refractivity contribution in [3.8, 4) is 0 Å². The van der Waals surface area contributed by atoms with Crippen LogP contribution in [0, 0.1) is 0 Å². The molecule has 0 rings (SSSR count). The first kappa shape index (κ1) is 30.0. The van der Waals surface area contributed by atoms with Crippen LogP contribution in [-0.2, 0) is 0 Å². The Kier molecular flexibility index (Phi) is 11.7. The van der Waals surface area contributed by atoms with Gasteiger partial charge in [-0.25, -0.2) is 0 Å². The Morgan fingerprint density at radius 3 is 1.37 bits per heavy atom. The summed E-state index contributed by atoms with van der Waals surface area (Å²) in [5, 5.41) is 0. The maximum Gasteiger partial charge on any atom is 0.460 e. The van der Waals surface area contributed by atoms with Gasteiger partial charge in [0.05, 0.1) is 0 Å². The van der Waals surface area contributed by atoms with Gasteiger partial charge in [0.25, 0.3) is 0 Å². The summed E-state index contributed by atoms with van der Waals surface area (Å²) in [6.07, 6.45) is -1.21. The van der Waals surface area contributed by atoms with Crippen molar-refractivity contribution in [1.82, 2.24) is 0 Å². The molecule has 0 heterocycles. The van der Waals surface area contributed by atoms with Crippen molar-refractivity contribution in [1.29, 1.82) is 0 Å². The quantitative estimate of drug-likeness (QED) is 0.0787. The van der Waals surface area contributed by atoms with Gasteiger partial charge in [-0.1, -0.05) is 87.3 Å². The molecule has 182 valence electrons. The Bertz CT molecular complexity index is 489. The highest BCUT2D eigenvalue weighted by Crippen LogP contribution is 2.58. The normalized spacial score (nSPS) is 15.5. The molecule has 0 amide bonds. The van der Waals surface area contributed by atoms with Crippen LogP contribution in [0.3, 0.4) is 0 Å². The Morgan fingerprint density at radius 1 is 0.567 bits per heavy atom. The zero-order valence-corrected chi connectivity index (χ0v) is 18.5. The third-order valence-corrected chi connectivity index (χ3v) is 5.77. The molecule has 12 heteroatoms. The standard InChI is InChI=1S/C18H26F11I/c1-2-3-4-5-6-7-8-9-10-11-13(30)12-14(19,20)15(21,22)16(23,24)17(25,26)18(27,28)29/h13H,2-12H2,1H3. The largest absolute Gasteiger partial charge is 0.460 e. The zero-order valence-electron chi connectivity index (χ0n) is 16.4. The van der Waals surface area contributed by atoms with Gasteiger partial charge in [-0.05, 0) is 6.42 Å². The smallest absolute Gasteiger partial charge is 0.200 e. The first-order valence-corrected chi connectivity index (χ1v) is 10.9. The van der Waals surface area contributed by atoms with E-state index in [0.717, 1.165) is 44.9 Å². The van der Waals surface area contributed by atoms with Gasteiger partial charge in [-0.2, -0.15) is 48.3 Å². The number of alkyl halides is 12. The Morgan fingerprint density at radius 2 is 0.967 bits per heavy atom. The summed E-state index contributed by atoms with van der Waals surface area (Å²) in [7, 11) is 0. The number of halogens is 12. The van der Waals surface area contributed by atoms with Crippen LogP contribution in [0.25, 0.3) is 0 Å². The third kappa shape index (κ3) is 7.53. The molecule has 1 atom stereocenters. The maximum atomic E-state index is 13.7. The second kappa shape index (κ2) is 11.7. The molecule has 0 radical (unpaired) electrons. The summed E-state index contributed by atoms with van der Waals surface area (Å²) >= 11 is 1.29. The summed E-state index contributed by atoms with van der Waals surface area (Å²) in [5.41, 5.74) is 0. The molecule has 0 aliphatic rings. The summed E-state index contributed by atoms with van der Waals surface area (Å²) in [6, 6.07) is 0. The van der Waals surface area contributed by atoms with Crippen LogP contribution in [0.4, 0.5) is 48.3 Å². The van der Waals surface area contributed by atoms with Gasteiger partial charge in [0, 0.05) is 10.3 Å². The second-order valence-corrected chi connectivity index (χ2v) is 9.11. The fraction of sp³-hybridized carbons (Fsp3) is 1.00. The molecule has 0 saturated heterocycles. The van der Waals surface area contributed by atoms with Gasteiger partial charge in [0.2, 0.25) is 0 Å². The van der Waals surface area contributed by atoms with Crippen molar-refractivity contribution in [2.45, 2.75) is 111 Å². The Balaban J connectivity index is 4.70. The molecule has 1 unspecified atom stereocenters. The van der Waals surface area contributed by atoms with Crippen LogP contribution < -0.4 is 0 Å². The number of rotatable bonds is 15. The predicted octanol–water partition coefficient (Wildman–Crippen LogP) is 9.20. The highest BCUT2D eigenvalue weighted by molar-refractivity contribution is 14.1. The molecule has 0 nitrogen and oxygen atoms in total. The van der Waals surface area contributed by atoms with Crippen LogP contribution >= 0.6 is 22.6 Å². The minimum atomic E-state index is -7.31. The second-order valence-electron chi connectivity index (χ2n) is 7.34. The van der Waals surface area contributed by atoms with Crippen LogP contribution in [0.1, 0.15) is 77.6 Å². The van der Waals surface area contributed by atoms with E-state index in [1.165, 1.54) is 22.6 Å². The predicted molar refractivity (Wildman–Crippen MR) is 100 cm³/mol. The van der Waals surface area contributed by atoms with E-state index in [1.54, 1.807) is 0 Å². The number of hydrogen-bond donors (Lipinski definition) is 0. The summed E-state index contributed by atoms with van der Waals surface area (Å²) < 4.78 is 141. The third-order valence-electron chi connectivity index (χ3n) is 4.70. The zero-order chi connectivity index (χ0) is 23.9. The fourth-order valence-electron chi connectivity index (χ4n) is 2.79. The summed E-state index contributed by atoms with van der Waals surface area (Å²) in [4.78, 5) is 0. The SMILES string of the molecule is CCCCCCCCCCCC(I)CC(F)(F)C(F)(F)C(F)(F)C(F)(F)C(F)(F)F. The van der Waals surface area contributed by atoms with Crippen molar-refractivity contribution >= 4 is 22.6 Å². The summed E-state index contributed by atoms with van der Waals surface area (Å²) in [5.74, 6) is -27.3. The first-order valence-electron chi connectivity index (χ1n) is 9.67. The van der Waals surface area contributed by atoms with Gasteiger partial charge in [0.1, 0.15) is 0 Å². The fourth-order valence-corrected chi connectivity index (χ4v) is 3.78. The number of unbranched alkanes of at least 4 members (excludes halogenated alkanes) is 8. The molecule has 0 fully saturated rings. The van der Waals surface area contributed by atoms with Crippen molar-refractivity contribution in [2.75, 3.05) is 0 Å². The molecule has 0 aromatic rings. The lowest BCUT2D eigenvalue weighted by atomic mass is 9.94. The van der Waals surface area contributed by atoms with E-state index in [2.05, 4.69) is 6.92 Å². The van der Waals surface area contributed by atoms with Crippen LogP contribution in [-0.4, -0.2) is 33.8 Å². The molecular formula is C18H26F11I. The van der Waals surface area contributed by atoms with E-state index >= 15 is 0 Å². The van der Waals surface area contributed by atoms with Gasteiger partial charge in [-0.3, -0.25) is 0 Å². The molecule has 30 heavy (non-hydrogen) atoms. The van der Waals surface area contributed by atoms with Crippen LogP contribution in [0.2, 0.25) is 0 Å². The van der Waals surface area contributed by atoms with E-state index in [1.807, 2.05) is 0 Å². The number of hydrogen-bond acceptors (Lipinski definition) is 0. The molecule has 0 bridgehead atoms. The first-order chi connectivity index (χ1) is 13.5. The van der Waals surface area contributed by atoms with Crippen LogP contribution in [0.15, 0.2) is 0 Å². The Hall–Kier alpha value is -0.0400. The molecule has 0 saturated carbocycles. The van der Waals surface area contributed by atoms with Gasteiger partial charge in [0.15, 0.2) is 0 Å². The summed E-state index contributed by atoms with van der Waals surface area (Å²) in [6.45, 7) is 2.07. The molecule has 0 aliphatic carbocycles. The lowest BCUT2D eigenvalue weighted by Crippen LogP contribution is -2.66. The van der Waals surface area contributed by atoms with E-state index in [4.69, 9.17) is 0 Å². The van der Waals surface area contributed by atoms with E-state index < -0.39 is 40.2 Å².